The average Bonchev–Trinajstić information content (AvgIpc) is 1.90. The maximum Gasteiger partial charge on any atom is 0.470 e. The average molecular weight is 248 g/mol. The van der Waals surface area contributed by atoms with E-state index in [9.17, 15) is 0 Å². The van der Waals surface area contributed by atoms with Crippen LogP contribution in [0, 0.1) is 0 Å². The Labute approximate surface area is 77.3 Å². The zero-order chi connectivity index (χ0) is 6.74. The minimum atomic E-state index is 0.242. The summed E-state index contributed by atoms with van der Waals surface area (Å²) >= 11 is 2.90. The van der Waals surface area contributed by atoms with E-state index in [4.69, 9.17) is 0 Å². The fourth-order valence-corrected chi connectivity index (χ4v) is 4.59. The van der Waals surface area contributed by atoms with E-state index in [1.807, 2.05) is 0 Å². The van der Waals surface area contributed by atoms with Gasteiger partial charge in [-0.1, -0.05) is 39.0 Å². The van der Waals surface area contributed by atoms with Gasteiger partial charge in [-0.05, 0) is 0 Å². The molecule has 1 saturated carbocycles. The minimum absolute atomic E-state index is 0.242. The molecule has 0 N–H and O–H groups in total. The Kier molecular flexibility index (Phi) is 3.59. The maximum atomic E-state index is 2.66. The number of halogens is 1. The van der Waals surface area contributed by atoms with Gasteiger partial charge in [0.2, 0.25) is 0 Å². The highest BCUT2D eigenvalue weighted by Crippen LogP contribution is 2.42. The second kappa shape index (κ2) is 3.76. The highest BCUT2D eigenvalue weighted by Gasteiger charge is 2.26. The van der Waals surface area contributed by atoms with Gasteiger partial charge in [0.05, 0.1) is 0 Å². The van der Waals surface area contributed by atoms with Gasteiger partial charge in [0.1, 0.15) is 0 Å². The van der Waals surface area contributed by atoms with Crippen molar-refractivity contribution in [2.24, 2.45) is 0 Å². The zero-order valence-corrected chi connectivity index (χ0v) is 9.69. The van der Waals surface area contributed by atoms with E-state index in [-0.39, 0.29) is 16.5 Å². The van der Waals surface area contributed by atoms with Gasteiger partial charge in [-0.3, -0.25) is 0 Å². The minimum Gasteiger partial charge on any atom is -0.300 e. The molecule has 1 aliphatic rings. The molecule has 1 rings (SSSR count). The molecule has 50 valence electrons. The molecule has 0 aromatic heterocycles. The number of hydrogen-bond donors (Lipinski definition) is 0. The second-order valence-corrected chi connectivity index (χ2v) is 7.77. The Morgan fingerprint density at radius 2 is 1.78 bits per heavy atom. The third-order valence-corrected chi connectivity index (χ3v) is 9.26. The third-order valence-electron chi connectivity index (χ3n) is 2.38. The summed E-state index contributed by atoms with van der Waals surface area (Å²) in [5.74, 6) is 0. The van der Waals surface area contributed by atoms with Gasteiger partial charge in [0.25, 0.3) is 0 Å². The fourth-order valence-electron chi connectivity index (χ4n) is 1.54. The molecule has 0 bridgehead atoms. The molecule has 0 radical (unpaired) electrons. The van der Waals surface area contributed by atoms with Crippen LogP contribution in [0.25, 0.3) is 0 Å². The number of rotatable bonds is 1. The Morgan fingerprint density at radius 3 is 2.11 bits per heavy atom. The molecule has 9 heavy (non-hydrogen) atoms. The fraction of sp³-hybridized carbons (Fsp3) is 1.00. The summed E-state index contributed by atoms with van der Waals surface area (Å²) in [5.41, 5.74) is 0. The molecule has 0 unspecified atom stereocenters. The summed E-state index contributed by atoms with van der Waals surface area (Å²) in [5, 5.41) is 0. The summed E-state index contributed by atoms with van der Waals surface area (Å²) in [7, 11) is 0. The first-order valence-corrected chi connectivity index (χ1v) is 9.65. The SMILES string of the molecule is C[C]1([Mg][I])CCCCC1. The van der Waals surface area contributed by atoms with Crippen LogP contribution in [0.3, 0.4) is 0 Å². The molecule has 0 nitrogen and oxygen atoms in total. The monoisotopic (exact) mass is 248 g/mol. The lowest BCUT2D eigenvalue weighted by molar-refractivity contribution is 0.403. The van der Waals surface area contributed by atoms with Gasteiger partial charge in [0, 0.05) is 0 Å². The van der Waals surface area contributed by atoms with Gasteiger partial charge in [-0.15, -0.1) is 3.54 Å². The van der Waals surface area contributed by atoms with Crippen molar-refractivity contribution < 1.29 is 0 Å². The molecule has 0 amide bonds. The molecule has 0 aromatic rings. The largest absolute Gasteiger partial charge is 0.470 e. The molecule has 0 heterocycles. The Hall–Kier alpha value is 1.50. The van der Waals surface area contributed by atoms with Crippen LogP contribution in [0.2, 0.25) is 3.54 Å². The molecule has 0 aromatic carbocycles. The van der Waals surface area contributed by atoms with Crippen LogP contribution in [0.4, 0.5) is 0 Å². The lowest BCUT2D eigenvalue weighted by atomic mass is 9.89. The van der Waals surface area contributed by atoms with Gasteiger partial charge in [-0.25, -0.2) is 0 Å². The molecule has 1 aliphatic carbocycles. The highest BCUT2D eigenvalue weighted by atomic mass is 127. The first-order valence-electron chi connectivity index (χ1n) is 3.83. The Balaban J connectivity index is 2.37. The van der Waals surface area contributed by atoms with Crippen molar-refractivity contribution in [3.8, 4) is 0 Å². The third kappa shape index (κ3) is 2.54. The summed E-state index contributed by atoms with van der Waals surface area (Å²) in [4.78, 5) is 0. The van der Waals surface area contributed by atoms with Crippen LogP contribution in [0.1, 0.15) is 39.0 Å². The van der Waals surface area contributed by atoms with Crippen molar-refractivity contribution in [2.45, 2.75) is 42.6 Å². The maximum absolute atomic E-state index is 2.66. The first kappa shape index (κ1) is 8.59. The summed E-state index contributed by atoms with van der Waals surface area (Å²) < 4.78 is 0.846. The van der Waals surface area contributed by atoms with Crippen molar-refractivity contribution >= 4 is 35.3 Å². The molecular formula is C7H13IMg. The standard InChI is InChI=1S/C7H13.HI.Mg/c1-7-5-3-2-4-6-7;;/h2-6H2,1H3;1H;/q;;+1/p-1. The predicted octanol–water partition coefficient (Wildman–Crippen LogP) is 3.18. The van der Waals surface area contributed by atoms with Gasteiger partial charge in [-0.2, -0.15) is 0 Å². The van der Waals surface area contributed by atoms with Crippen molar-refractivity contribution in [1.82, 2.24) is 0 Å². The van der Waals surface area contributed by atoms with Crippen molar-refractivity contribution in [3.05, 3.63) is 0 Å². The van der Waals surface area contributed by atoms with E-state index in [2.05, 4.69) is 25.8 Å². The van der Waals surface area contributed by atoms with Crippen molar-refractivity contribution in [3.63, 3.8) is 0 Å². The predicted molar refractivity (Wildman–Crippen MR) is 51.2 cm³/mol. The van der Waals surface area contributed by atoms with Crippen LogP contribution < -0.4 is 0 Å². The normalized spacial score (nSPS) is 25.1. The van der Waals surface area contributed by atoms with Crippen LogP contribution in [0.15, 0.2) is 0 Å². The molecule has 2 heteroatoms. The van der Waals surface area contributed by atoms with Crippen LogP contribution >= 0.6 is 18.9 Å². The Bertz CT molecular complexity index is 86.9. The zero-order valence-electron chi connectivity index (χ0n) is 6.12. The van der Waals surface area contributed by atoms with Crippen LogP contribution in [0.5, 0.6) is 0 Å². The lowest BCUT2D eigenvalue weighted by Gasteiger charge is -2.31. The smallest absolute Gasteiger partial charge is 0.300 e. The second-order valence-electron chi connectivity index (χ2n) is 3.50. The van der Waals surface area contributed by atoms with E-state index in [1.165, 1.54) is 32.1 Å². The van der Waals surface area contributed by atoms with Crippen LogP contribution in [-0.2, 0) is 0 Å². The van der Waals surface area contributed by atoms with E-state index in [1.54, 1.807) is 0 Å². The molecule has 0 aliphatic heterocycles. The topological polar surface area (TPSA) is 0 Å². The van der Waals surface area contributed by atoms with Gasteiger partial charge in [0.15, 0.2) is 0 Å². The van der Waals surface area contributed by atoms with E-state index in [0.717, 1.165) is 3.54 Å². The molecular weight excluding hydrogens is 235 g/mol. The molecule has 0 spiro atoms. The highest BCUT2D eigenvalue weighted by molar-refractivity contribution is 14.1. The van der Waals surface area contributed by atoms with Crippen molar-refractivity contribution in [1.29, 1.82) is 0 Å². The molecule has 0 saturated heterocycles. The lowest BCUT2D eigenvalue weighted by Crippen LogP contribution is -2.16. The summed E-state index contributed by atoms with van der Waals surface area (Å²) in [6.07, 6.45) is 7.57. The van der Waals surface area contributed by atoms with E-state index >= 15 is 0 Å². The molecule has 0 atom stereocenters. The molecule has 1 fully saturated rings. The number of hydrogen-bond acceptors (Lipinski definition) is 0. The van der Waals surface area contributed by atoms with E-state index < -0.39 is 0 Å². The van der Waals surface area contributed by atoms with Gasteiger partial charge >= 0.3 is 16.5 Å². The first-order chi connectivity index (χ1) is 4.27. The summed E-state index contributed by atoms with van der Waals surface area (Å²) in [6.45, 7) is 2.49. The van der Waals surface area contributed by atoms with Gasteiger partial charge < -0.3 is 18.9 Å². The Morgan fingerprint density at radius 1 is 1.22 bits per heavy atom. The van der Waals surface area contributed by atoms with E-state index in [0.29, 0.717) is 0 Å². The van der Waals surface area contributed by atoms with Crippen LogP contribution in [-0.4, -0.2) is 16.5 Å². The van der Waals surface area contributed by atoms with Crippen molar-refractivity contribution in [2.75, 3.05) is 0 Å². The summed E-state index contributed by atoms with van der Waals surface area (Å²) in [6, 6.07) is 0. The quantitative estimate of drug-likeness (QED) is 0.494.